The molecule has 1 aliphatic heterocycles. The van der Waals surface area contributed by atoms with E-state index in [9.17, 15) is 13.5 Å². The Labute approximate surface area is 164 Å². The van der Waals surface area contributed by atoms with Crippen LogP contribution in [0.15, 0.2) is 24.4 Å². The molecule has 1 aliphatic carbocycles. The highest BCUT2D eigenvalue weighted by atomic mass is 32.2. The summed E-state index contributed by atoms with van der Waals surface area (Å²) in [5.41, 5.74) is 1.89. The Morgan fingerprint density at radius 3 is 2.75 bits per heavy atom. The minimum Gasteiger partial charge on any atom is -0.497 e. The summed E-state index contributed by atoms with van der Waals surface area (Å²) < 4.78 is 30.2. The molecule has 1 saturated carbocycles. The number of hydrogen-bond acceptors (Lipinski definition) is 7. The first-order valence-electron chi connectivity index (χ1n) is 9.23. The molecule has 10 heteroatoms. The third kappa shape index (κ3) is 3.41. The van der Waals surface area contributed by atoms with E-state index in [2.05, 4.69) is 15.1 Å². The molecule has 1 spiro atoms. The van der Waals surface area contributed by atoms with Crippen LogP contribution in [0, 0.1) is 5.41 Å². The second-order valence-corrected chi connectivity index (χ2v) is 9.49. The van der Waals surface area contributed by atoms with Crippen molar-refractivity contribution in [2.24, 2.45) is 10.6 Å². The predicted molar refractivity (Wildman–Crippen MR) is 105 cm³/mol. The first-order chi connectivity index (χ1) is 13.2. The van der Waals surface area contributed by atoms with E-state index >= 15 is 0 Å². The smallest absolute Gasteiger partial charge is 0.277 e. The van der Waals surface area contributed by atoms with Crippen LogP contribution < -0.4 is 14.8 Å². The lowest BCUT2D eigenvalue weighted by molar-refractivity contribution is 0.00265. The molecule has 2 heterocycles. The van der Waals surface area contributed by atoms with Crippen molar-refractivity contribution in [1.82, 2.24) is 14.5 Å². The summed E-state index contributed by atoms with van der Waals surface area (Å²) in [5, 5.41) is 24.2. The van der Waals surface area contributed by atoms with Crippen LogP contribution in [0.5, 0.6) is 5.75 Å². The molecule has 0 bridgehead atoms. The molecule has 9 nitrogen and oxygen atoms in total. The van der Waals surface area contributed by atoms with Gasteiger partial charge in [0, 0.05) is 42.5 Å². The van der Waals surface area contributed by atoms with Gasteiger partial charge in [0.25, 0.3) is 10.2 Å². The van der Waals surface area contributed by atoms with Crippen molar-refractivity contribution in [3.63, 3.8) is 0 Å². The van der Waals surface area contributed by atoms with Gasteiger partial charge in [-0.15, -0.1) is 0 Å². The lowest BCUT2D eigenvalue weighted by Crippen LogP contribution is -2.68. The zero-order valence-corrected chi connectivity index (χ0v) is 16.8. The Hall–Kier alpha value is -2.01. The molecule has 1 aromatic heterocycles. The summed E-state index contributed by atoms with van der Waals surface area (Å²) in [4.78, 5) is 2.25. The lowest BCUT2D eigenvalue weighted by atomic mass is 9.60. The van der Waals surface area contributed by atoms with Crippen molar-refractivity contribution in [2.75, 3.05) is 31.6 Å². The number of anilines is 1. The number of aliphatic hydroxyl groups is 1. The van der Waals surface area contributed by atoms with Crippen LogP contribution in [0.1, 0.15) is 19.8 Å². The Bertz CT molecular complexity index is 983. The van der Waals surface area contributed by atoms with E-state index in [-0.39, 0.29) is 18.0 Å². The Balaban J connectivity index is 1.45. The monoisotopic (exact) mass is 407 g/mol. The third-order valence-corrected chi connectivity index (χ3v) is 6.84. The zero-order chi connectivity index (χ0) is 20.1. The van der Waals surface area contributed by atoms with Gasteiger partial charge in [-0.05, 0) is 31.9 Å². The second kappa shape index (κ2) is 6.80. The molecule has 2 aliphatic rings. The fourth-order valence-corrected chi connectivity index (χ4v) is 5.45. The average molecular weight is 407 g/mol. The molecule has 0 amide bonds. The summed E-state index contributed by atoms with van der Waals surface area (Å²) in [5.74, 6) is 0.738. The minimum atomic E-state index is -3.83. The standard InChI is InChI=1S/C18H25N5O4S/c1-12(24)9-23(28(19,25)26)13-6-18(7-13)10-22(11-18)17-8-20-21-16-5-14(27-2)3-4-15(16)17/h3-5,8,12-13,24H,6-7,9-11H2,1-2H3,(H2,19,25,26). The number of nitrogens with two attached hydrogens (primary N) is 1. The van der Waals surface area contributed by atoms with Crippen LogP contribution >= 0.6 is 0 Å². The number of benzene rings is 1. The molecule has 1 aromatic carbocycles. The molecule has 0 radical (unpaired) electrons. The van der Waals surface area contributed by atoms with Crippen LogP contribution in [0.2, 0.25) is 0 Å². The van der Waals surface area contributed by atoms with Crippen molar-refractivity contribution >= 4 is 26.8 Å². The van der Waals surface area contributed by atoms with Crippen molar-refractivity contribution in [1.29, 1.82) is 0 Å². The molecule has 152 valence electrons. The number of methoxy groups -OCH3 is 1. The number of hydrogen-bond donors (Lipinski definition) is 2. The number of fused-ring (bicyclic) bond motifs is 1. The fraction of sp³-hybridized carbons (Fsp3) is 0.556. The molecule has 28 heavy (non-hydrogen) atoms. The minimum absolute atomic E-state index is 0.0318. The maximum atomic E-state index is 11.9. The molecule has 2 aromatic rings. The normalized spacial score (nSPS) is 20.2. The maximum absolute atomic E-state index is 11.9. The topological polar surface area (TPSA) is 122 Å². The highest BCUT2D eigenvalue weighted by molar-refractivity contribution is 7.86. The average Bonchev–Trinajstić information content (AvgIpc) is 2.56. The van der Waals surface area contributed by atoms with E-state index in [0.29, 0.717) is 0 Å². The largest absolute Gasteiger partial charge is 0.497 e. The van der Waals surface area contributed by atoms with Gasteiger partial charge in [0.1, 0.15) is 5.75 Å². The van der Waals surface area contributed by atoms with E-state index in [1.807, 2.05) is 18.2 Å². The number of aliphatic hydroxyl groups excluding tert-OH is 1. The number of nitrogens with zero attached hydrogens (tertiary/aromatic N) is 4. The zero-order valence-electron chi connectivity index (χ0n) is 15.9. The van der Waals surface area contributed by atoms with E-state index in [1.54, 1.807) is 20.2 Å². The van der Waals surface area contributed by atoms with Gasteiger partial charge in [-0.25, -0.2) is 5.14 Å². The highest BCUT2D eigenvalue weighted by Gasteiger charge is 2.55. The summed E-state index contributed by atoms with van der Waals surface area (Å²) in [6, 6.07) is 5.60. The van der Waals surface area contributed by atoms with Crippen LogP contribution in [-0.2, 0) is 10.2 Å². The maximum Gasteiger partial charge on any atom is 0.277 e. The van der Waals surface area contributed by atoms with Gasteiger partial charge in [-0.2, -0.15) is 22.9 Å². The molecular formula is C18H25N5O4S. The highest BCUT2D eigenvalue weighted by Crippen LogP contribution is 2.52. The van der Waals surface area contributed by atoms with Crippen LogP contribution in [0.3, 0.4) is 0 Å². The van der Waals surface area contributed by atoms with Crippen molar-refractivity contribution in [3.05, 3.63) is 24.4 Å². The number of ether oxygens (including phenoxy) is 1. The van der Waals surface area contributed by atoms with E-state index in [1.165, 1.54) is 4.31 Å². The van der Waals surface area contributed by atoms with Gasteiger partial charge in [0.2, 0.25) is 0 Å². The molecule has 1 atom stereocenters. The number of rotatable bonds is 6. The van der Waals surface area contributed by atoms with Crippen LogP contribution in [-0.4, -0.2) is 66.9 Å². The lowest BCUT2D eigenvalue weighted by Gasteiger charge is -2.61. The van der Waals surface area contributed by atoms with Gasteiger partial charge >= 0.3 is 0 Å². The van der Waals surface area contributed by atoms with Gasteiger partial charge < -0.3 is 14.7 Å². The summed E-state index contributed by atoms with van der Waals surface area (Å²) in [6.07, 6.45) is 2.51. The van der Waals surface area contributed by atoms with Crippen molar-refractivity contribution < 1.29 is 18.3 Å². The molecule has 1 unspecified atom stereocenters. The second-order valence-electron chi connectivity index (χ2n) is 7.99. The van der Waals surface area contributed by atoms with Crippen molar-refractivity contribution in [2.45, 2.75) is 31.9 Å². The fourth-order valence-electron chi connectivity index (χ4n) is 4.46. The van der Waals surface area contributed by atoms with Crippen LogP contribution in [0.25, 0.3) is 10.9 Å². The van der Waals surface area contributed by atoms with Gasteiger partial charge in [0.15, 0.2) is 0 Å². The van der Waals surface area contributed by atoms with Gasteiger partial charge in [-0.3, -0.25) is 0 Å². The molecular weight excluding hydrogens is 382 g/mol. The van der Waals surface area contributed by atoms with E-state index in [4.69, 9.17) is 9.88 Å². The third-order valence-electron chi connectivity index (χ3n) is 5.74. The SMILES string of the molecule is COc1ccc2c(N3CC4(CC(N(CC(C)O)S(N)(=O)=O)C4)C3)cnnc2c1. The van der Waals surface area contributed by atoms with Gasteiger partial charge in [-0.1, -0.05) is 0 Å². The summed E-state index contributed by atoms with van der Waals surface area (Å²) in [6.45, 7) is 3.27. The first-order valence-corrected chi connectivity index (χ1v) is 10.7. The summed E-state index contributed by atoms with van der Waals surface area (Å²) in [7, 11) is -2.21. The molecule has 3 N–H and O–H groups in total. The number of aromatic nitrogens is 2. The van der Waals surface area contributed by atoms with E-state index < -0.39 is 16.3 Å². The Morgan fingerprint density at radius 2 is 2.14 bits per heavy atom. The van der Waals surface area contributed by atoms with Crippen LogP contribution in [0.4, 0.5) is 5.69 Å². The predicted octanol–water partition coefficient (Wildman–Crippen LogP) is 0.494. The molecule has 2 fully saturated rings. The van der Waals surface area contributed by atoms with E-state index in [0.717, 1.165) is 48.3 Å². The molecule has 4 rings (SSSR count). The Kier molecular flexibility index (Phi) is 4.69. The Morgan fingerprint density at radius 1 is 1.43 bits per heavy atom. The quantitative estimate of drug-likeness (QED) is 0.715. The van der Waals surface area contributed by atoms with Gasteiger partial charge in [0.05, 0.1) is 30.6 Å². The van der Waals surface area contributed by atoms with Crippen molar-refractivity contribution in [3.8, 4) is 5.75 Å². The molecule has 1 saturated heterocycles. The summed E-state index contributed by atoms with van der Waals surface area (Å²) >= 11 is 0. The first kappa shape index (κ1) is 19.3.